The second-order valence-corrected chi connectivity index (χ2v) is 4.68. The van der Waals surface area contributed by atoms with E-state index in [0.717, 1.165) is 25.0 Å². The first kappa shape index (κ1) is 13.5. The molecule has 0 fully saturated rings. The number of hydrogen-bond acceptors (Lipinski definition) is 3. The summed E-state index contributed by atoms with van der Waals surface area (Å²) in [6.07, 6.45) is 4.93. The Bertz CT molecular complexity index is 322. The van der Waals surface area contributed by atoms with Gasteiger partial charge in [-0.15, -0.1) is 0 Å². The predicted octanol–water partition coefficient (Wildman–Crippen LogP) is 2.81. The number of halogens is 1. The van der Waals surface area contributed by atoms with Crippen LogP contribution in [0.2, 0.25) is 5.02 Å². The Morgan fingerprint density at radius 2 is 2.25 bits per heavy atom. The number of hydrogen-bond donors (Lipinski definition) is 2. The van der Waals surface area contributed by atoms with Crippen LogP contribution in [0.25, 0.3) is 0 Å². The molecule has 0 saturated heterocycles. The molecule has 1 aromatic rings. The molecule has 0 bridgehead atoms. The van der Waals surface area contributed by atoms with Crippen LogP contribution in [0, 0.1) is 0 Å². The number of nitrogens with two attached hydrogens (primary N) is 1. The van der Waals surface area contributed by atoms with E-state index in [4.69, 9.17) is 17.4 Å². The van der Waals surface area contributed by atoms with Gasteiger partial charge in [0.2, 0.25) is 0 Å². The Kier molecular flexibility index (Phi) is 5.25. The summed E-state index contributed by atoms with van der Waals surface area (Å²) in [5, 5.41) is 4.97. The monoisotopic (exact) mass is 244 g/mol. The van der Waals surface area contributed by atoms with Crippen LogP contribution in [0.1, 0.15) is 57.8 Å². The summed E-state index contributed by atoms with van der Waals surface area (Å²) in [7, 11) is 0. The molecule has 1 rings (SSSR count). The lowest BCUT2D eigenvalue weighted by Gasteiger charge is -2.20. The minimum atomic E-state index is 0.0809. The van der Waals surface area contributed by atoms with E-state index in [1.807, 2.05) is 4.68 Å². The molecule has 0 spiro atoms. The van der Waals surface area contributed by atoms with Gasteiger partial charge in [0.25, 0.3) is 0 Å². The maximum Gasteiger partial charge on any atom is 0.0834 e. The van der Waals surface area contributed by atoms with Crippen molar-refractivity contribution in [2.45, 2.75) is 52.1 Å². The fraction of sp³-hybridized carbons (Fsp3) is 0.727. The fourth-order valence-electron chi connectivity index (χ4n) is 1.80. The SMILES string of the molecule is CCCCC(NN)c1c(Cl)cnn1C(C)C. The lowest BCUT2D eigenvalue weighted by atomic mass is 10.1. The van der Waals surface area contributed by atoms with E-state index in [0.29, 0.717) is 11.1 Å². The third-order valence-electron chi connectivity index (χ3n) is 2.65. The van der Waals surface area contributed by atoms with Crippen molar-refractivity contribution in [1.82, 2.24) is 15.2 Å². The molecule has 0 radical (unpaired) electrons. The van der Waals surface area contributed by atoms with Crippen LogP contribution in [0.3, 0.4) is 0 Å². The molecule has 92 valence electrons. The molecule has 0 saturated carbocycles. The number of unbranched alkanes of at least 4 members (excludes halogenated alkanes) is 1. The van der Waals surface area contributed by atoms with Gasteiger partial charge in [-0.05, 0) is 20.3 Å². The van der Waals surface area contributed by atoms with E-state index in [-0.39, 0.29) is 6.04 Å². The molecule has 1 atom stereocenters. The zero-order valence-electron chi connectivity index (χ0n) is 10.2. The predicted molar refractivity (Wildman–Crippen MR) is 67.2 cm³/mol. The lowest BCUT2D eigenvalue weighted by Crippen LogP contribution is -2.30. The summed E-state index contributed by atoms with van der Waals surface area (Å²) < 4.78 is 1.93. The van der Waals surface area contributed by atoms with Crippen molar-refractivity contribution < 1.29 is 0 Å². The van der Waals surface area contributed by atoms with Gasteiger partial charge in [-0.25, -0.2) is 0 Å². The number of nitrogens with one attached hydrogen (secondary N) is 1. The highest BCUT2D eigenvalue weighted by atomic mass is 35.5. The van der Waals surface area contributed by atoms with Crippen LogP contribution in [0.15, 0.2) is 6.20 Å². The first-order valence-electron chi connectivity index (χ1n) is 5.80. The standard InChI is InChI=1S/C11H21ClN4/c1-4-5-6-10(15-13)11-9(12)7-14-16(11)8(2)3/h7-8,10,15H,4-6,13H2,1-3H3. The highest BCUT2D eigenvalue weighted by Gasteiger charge is 2.20. The van der Waals surface area contributed by atoms with E-state index in [2.05, 4.69) is 31.3 Å². The van der Waals surface area contributed by atoms with E-state index in [1.165, 1.54) is 0 Å². The molecule has 0 aliphatic heterocycles. The van der Waals surface area contributed by atoms with E-state index >= 15 is 0 Å². The first-order valence-corrected chi connectivity index (χ1v) is 6.18. The van der Waals surface area contributed by atoms with E-state index < -0.39 is 0 Å². The van der Waals surface area contributed by atoms with Gasteiger partial charge < -0.3 is 0 Å². The van der Waals surface area contributed by atoms with Crippen LogP contribution >= 0.6 is 11.6 Å². The third kappa shape index (κ3) is 2.97. The largest absolute Gasteiger partial charge is 0.271 e. The van der Waals surface area contributed by atoms with Crippen molar-refractivity contribution in [3.05, 3.63) is 16.9 Å². The summed E-state index contributed by atoms with van der Waals surface area (Å²) in [4.78, 5) is 0. The van der Waals surface area contributed by atoms with Gasteiger partial charge in [0, 0.05) is 6.04 Å². The maximum atomic E-state index is 6.16. The van der Waals surface area contributed by atoms with Gasteiger partial charge in [-0.2, -0.15) is 5.10 Å². The van der Waals surface area contributed by atoms with Crippen molar-refractivity contribution in [2.24, 2.45) is 5.84 Å². The highest BCUT2D eigenvalue weighted by Crippen LogP contribution is 2.28. The molecular weight excluding hydrogens is 224 g/mol. The second-order valence-electron chi connectivity index (χ2n) is 4.28. The molecule has 1 aromatic heterocycles. The quantitative estimate of drug-likeness (QED) is 0.598. The van der Waals surface area contributed by atoms with Crippen molar-refractivity contribution >= 4 is 11.6 Å². The summed E-state index contributed by atoms with van der Waals surface area (Å²) in [6.45, 7) is 6.33. The lowest BCUT2D eigenvalue weighted by molar-refractivity contribution is 0.425. The molecule has 0 amide bonds. The number of nitrogens with zero attached hydrogens (tertiary/aromatic N) is 2. The molecular formula is C11H21ClN4. The summed E-state index contributed by atoms with van der Waals surface area (Å²) in [6, 6.07) is 0.373. The van der Waals surface area contributed by atoms with Crippen molar-refractivity contribution in [1.29, 1.82) is 0 Å². The van der Waals surface area contributed by atoms with Crippen LogP contribution in [-0.2, 0) is 0 Å². The molecule has 3 N–H and O–H groups in total. The molecule has 0 aromatic carbocycles. The molecule has 0 aliphatic rings. The summed E-state index contributed by atoms with van der Waals surface area (Å²) in [5.74, 6) is 5.59. The Morgan fingerprint density at radius 3 is 2.75 bits per heavy atom. The van der Waals surface area contributed by atoms with E-state index in [9.17, 15) is 0 Å². The Balaban J connectivity index is 2.93. The third-order valence-corrected chi connectivity index (χ3v) is 2.94. The Morgan fingerprint density at radius 1 is 1.56 bits per heavy atom. The second kappa shape index (κ2) is 6.23. The Hall–Kier alpha value is -0.580. The zero-order valence-corrected chi connectivity index (χ0v) is 11.0. The van der Waals surface area contributed by atoms with Crippen LogP contribution in [0.4, 0.5) is 0 Å². The topological polar surface area (TPSA) is 55.9 Å². The van der Waals surface area contributed by atoms with E-state index in [1.54, 1.807) is 6.20 Å². The van der Waals surface area contributed by atoms with Crippen LogP contribution in [0.5, 0.6) is 0 Å². The fourth-order valence-corrected chi connectivity index (χ4v) is 2.06. The van der Waals surface area contributed by atoms with Gasteiger partial charge in [-0.3, -0.25) is 16.0 Å². The van der Waals surface area contributed by atoms with Crippen LogP contribution in [-0.4, -0.2) is 9.78 Å². The van der Waals surface area contributed by atoms with Gasteiger partial charge in [0.1, 0.15) is 0 Å². The van der Waals surface area contributed by atoms with Gasteiger partial charge in [0.05, 0.1) is 23.0 Å². The minimum Gasteiger partial charge on any atom is -0.271 e. The average molecular weight is 245 g/mol. The molecule has 4 nitrogen and oxygen atoms in total. The summed E-state index contributed by atoms with van der Waals surface area (Å²) in [5.41, 5.74) is 3.82. The summed E-state index contributed by atoms with van der Waals surface area (Å²) >= 11 is 6.16. The minimum absolute atomic E-state index is 0.0809. The average Bonchev–Trinajstić information content (AvgIpc) is 2.62. The van der Waals surface area contributed by atoms with Crippen LogP contribution < -0.4 is 11.3 Å². The molecule has 0 aliphatic carbocycles. The first-order chi connectivity index (χ1) is 7.61. The molecule has 1 heterocycles. The van der Waals surface area contributed by atoms with Gasteiger partial charge in [-0.1, -0.05) is 31.4 Å². The number of hydrazine groups is 1. The van der Waals surface area contributed by atoms with Crippen molar-refractivity contribution in [2.75, 3.05) is 0 Å². The number of aromatic nitrogens is 2. The smallest absolute Gasteiger partial charge is 0.0834 e. The molecule has 16 heavy (non-hydrogen) atoms. The van der Waals surface area contributed by atoms with Gasteiger partial charge in [0.15, 0.2) is 0 Å². The molecule has 1 unspecified atom stereocenters. The highest BCUT2D eigenvalue weighted by molar-refractivity contribution is 6.31. The number of rotatable bonds is 6. The maximum absolute atomic E-state index is 6.16. The van der Waals surface area contributed by atoms with Crippen molar-refractivity contribution in [3.63, 3.8) is 0 Å². The molecule has 5 heteroatoms. The zero-order chi connectivity index (χ0) is 12.1. The van der Waals surface area contributed by atoms with Gasteiger partial charge >= 0.3 is 0 Å². The normalized spacial score (nSPS) is 13.4. The van der Waals surface area contributed by atoms with Crippen molar-refractivity contribution in [3.8, 4) is 0 Å². The Labute approximate surface area is 102 Å².